The van der Waals surface area contributed by atoms with Crippen LogP contribution in [0.4, 0.5) is 5.95 Å². The Bertz CT molecular complexity index is 732. The molecule has 1 saturated heterocycles. The van der Waals surface area contributed by atoms with Gasteiger partial charge < -0.3 is 9.64 Å². The van der Waals surface area contributed by atoms with E-state index in [0.717, 1.165) is 12.1 Å². The van der Waals surface area contributed by atoms with Gasteiger partial charge in [-0.05, 0) is 35.0 Å². The van der Waals surface area contributed by atoms with Crippen molar-refractivity contribution in [1.82, 2.24) is 14.5 Å². The van der Waals surface area contributed by atoms with Crippen LogP contribution in [0.5, 0.6) is 0 Å². The molecule has 22 heavy (non-hydrogen) atoms. The van der Waals surface area contributed by atoms with Crippen LogP contribution in [-0.2, 0) is 11.8 Å². The quantitative estimate of drug-likeness (QED) is 0.813. The molecule has 0 aliphatic carbocycles. The summed E-state index contributed by atoms with van der Waals surface area (Å²) in [5.41, 5.74) is 1.40. The monoisotopic (exact) mass is 364 g/mol. The van der Waals surface area contributed by atoms with Crippen molar-refractivity contribution < 1.29 is 4.74 Å². The van der Waals surface area contributed by atoms with Gasteiger partial charge in [0.1, 0.15) is 4.47 Å². The van der Waals surface area contributed by atoms with E-state index in [-0.39, 0.29) is 11.6 Å². The molecule has 0 bridgehead atoms. The van der Waals surface area contributed by atoms with Gasteiger partial charge in [-0.2, -0.15) is 0 Å². The van der Waals surface area contributed by atoms with E-state index in [1.54, 1.807) is 24.0 Å². The van der Waals surface area contributed by atoms with Crippen LogP contribution in [0.25, 0.3) is 11.3 Å². The molecule has 2 aromatic heterocycles. The van der Waals surface area contributed by atoms with E-state index < -0.39 is 0 Å². The summed E-state index contributed by atoms with van der Waals surface area (Å²) in [7, 11) is 1.74. The highest BCUT2D eigenvalue weighted by molar-refractivity contribution is 9.10. The van der Waals surface area contributed by atoms with Gasteiger partial charge in [-0.25, -0.2) is 4.98 Å². The fourth-order valence-corrected chi connectivity index (χ4v) is 3.13. The van der Waals surface area contributed by atoms with Crippen molar-refractivity contribution >= 4 is 21.9 Å². The number of halogens is 1. The van der Waals surface area contributed by atoms with E-state index in [4.69, 9.17) is 9.72 Å². The van der Waals surface area contributed by atoms with Gasteiger partial charge >= 0.3 is 0 Å². The Morgan fingerprint density at radius 3 is 2.77 bits per heavy atom. The number of nitrogens with zero attached hydrogens (tertiary/aromatic N) is 4. The highest BCUT2D eigenvalue weighted by atomic mass is 79.9. The minimum absolute atomic E-state index is 0.101. The molecule has 1 aliphatic heterocycles. The van der Waals surface area contributed by atoms with Crippen LogP contribution < -0.4 is 10.5 Å². The molecule has 7 heteroatoms. The van der Waals surface area contributed by atoms with Gasteiger partial charge in [0.15, 0.2) is 0 Å². The van der Waals surface area contributed by atoms with Crippen LogP contribution in [0.2, 0.25) is 0 Å². The van der Waals surface area contributed by atoms with Crippen molar-refractivity contribution in [2.24, 2.45) is 7.05 Å². The predicted octanol–water partition coefficient (Wildman–Crippen LogP) is 1.83. The minimum atomic E-state index is -0.101. The number of rotatable bonds is 2. The molecule has 0 N–H and O–H groups in total. The van der Waals surface area contributed by atoms with E-state index in [9.17, 15) is 4.79 Å². The van der Waals surface area contributed by atoms with Crippen molar-refractivity contribution in [3.63, 3.8) is 0 Å². The Morgan fingerprint density at radius 2 is 2.09 bits per heavy atom. The smallest absolute Gasteiger partial charge is 0.269 e. The second-order valence-electron chi connectivity index (χ2n) is 5.29. The second-order valence-corrected chi connectivity index (χ2v) is 6.08. The summed E-state index contributed by atoms with van der Waals surface area (Å²) in [4.78, 5) is 23.4. The number of aromatic nitrogens is 3. The second kappa shape index (κ2) is 6.18. The van der Waals surface area contributed by atoms with Crippen molar-refractivity contribution in [2.45, 2.75) is 13.0 Å². The largest absolute Gasteiger partial charge is 0.377 e. The van der Waals surface area contributed by atoms with Gasteiger partial charge in [-0.15, -0.1) is 0 Å². The number of hydrogen-bond acceptors (Lipinski definition) is 5. The molecular formula is C15H17BrN4O2. The Morgan fingerprint density at radius 1 is 1.36 bits per heavy atom. The number of hydrogen-bond donors (Lipinski definition) is 0. The summed E-state index contributed by atoms with van der Waals surface area (Å²) >= 11 is 3.38. The maximum absolute atomic E-state index is 12.5. The van der Waals surface area contributed by atoms with E-state index in [1.165, 1.54) is 0 Å². The fraction of sp³-hybridized carbons (Fsp3) is 0.400. The number of morpholine rings is 1. The summed E-state index contributed by atoms with van der Waals surface area (Å²) < 4.78 is 7.51. The SMILES string of the molecule is C[C@@H]1COCCN1c1nc(-c2ccncc2)c(Br)c(=O)n1C. The Kier molecular flexibility index (Phi) is 4.26. The highest BCUT2D eigenvalue weighted by Crippen LogP contribution is 2.26. The lowest BCUT2D eigenvalue weighted by molar-refractivity contribution is 0.0976. The molecule has 116 valence electrons. The van der Waals surface area contributed by atoms with Crippen molar-refractivity contribution in [2.75, 3.05) is 24.7 Å². The number of pyridine rings is 1. The standard InChI is InChI=1S/C15H17BrN4O2/c1-10-9-22-8-7-20(10)15-18-13(11-3-5-17-6-4-11)12(16)14(21)19(15)2/h3-6,10H,7-9H2,1-2H3/t10-/m1/s1. The van der Waals surface area contributed by atoms with Crippen LogP contribution in [0, 0.1) is 0 Å². The molecule has 2 aromatic rings. The summed E-state index contributed by atoms with van der Waals surface area (Å²) in [6.07, 6.45) is 3.38. The van der Waals surface area contributed by atoms with Gasteiger partial charge in [0.25, 0.3) is 5.56 Å². The lowest BCUT2D eigenvalue weighted by Crippen LogP contribution is -2.46. The first kappa shape index (κ1) is 15.2. The summed E-state index contributed by atoms with van der Waals surface area (Å²) in [5.74, 6) is 0.663. The van der Waals surface area contributed by atoms with Gasteiger partial charge in [0.2, 0.25) is 5.95 Å². The van der Waals surface area contributed by atoms with Crippen LogP contribution in [0.15, 0.2) is 33.8 Å². The Labute approximate surface area is 136 Å². The molecule has 0 aromatic carbocycles. The lowest BCUT2D eigenvalue weighted by Gasteiger charge is -2.35. The molecule has 0 unspecified atom stereocenters. The van der Waals surface area contributed by atoms with Crippen LogP contribution in [0.3, 0.4) is 0 Å². The highest BCUT2D eigenvalue weighted by Gasteiger charge is 2.24. The predicted molar refractivity (Wildman–Crippen MR) is 88.0 cm³/mol. The van der Waals surface area contributed by atoms with E-state index in [1.807, 2.05) is 12.1 Å². The Balaban J connectivity index is 2.15. The molecule has 1 fully saturated rings. The third kappa shape index (κ3) is 2.66. The summed E-state index contributed by atoms with van der Waals surface area (Å²) in [6, 6.07) is 3.87. The molecule has 0 spiro atoms. The van der Waals surface area contributed by atoms with Gasteiger partial charge in [-0.1, -0.05) is 0 Å². The normalized spacial score (nSPS) is 18.5. The van der Waals surface area contributed by atoms with Crippen LogP contribution >= 0.6 is 15.9 Å². The third-order valence-corrected chi connectivity index (χ3v) is 4.51. The van der Waals surface area contributed by atoms with Gasteiger partial charge in [0.05, 0.1) is 24.9 Å². The molecule has 0 saturated carbocycles. The molecule has 1 atom stereocenters. The van der Waals surface area contributed by atoms with Crippen LogP contribution in [-0.4, -0.2) is 40.3 Å². The van der Waals surface area contributed by atoms with Crippen molar-refractivity contribution in [1.29, 1.82) is 0 Å². The van der Waals surface area contributed by atoms with E-state index in [0.29, 0.717) is 29.3 Å². The van der Waals surface area contributed by atoms with Crippen molar-refractivity contribution in [3.8, 4) is 11.3 Å². The van der Waals surface area contributed by atoms with Gasteiger partial charge in [0, 0.05) is 31.5 Å². The van der Waals surface area contributed by atoms with Crippen molar-refractivity contribution in [3.05, 3.63) is 39.4 Å². The average Bonchev–Trinajstić information content (AvgIpc) is 2.55. The van der Waals surface area contributed by atoms with Crippen LogP contribution in [0.1, 0.15) is 6.92 Å². The number of ether oxygens (including phenoxy) is 1. The first-order valence-electron chi connectivity index (χ1n) is 7.11. The zero-order valence-corrected chi connectivity index (χ0v) is 14.1. The molecule has 6 nitrogen and oxygen atoms in total. The summed E-state index contributed by atoms with van der Waals surface area (Å²) in [6.45, 7) is 4.07. The molecule has 0 radical (unpaired) electrons. The zero-order valence-electron chi connectivity index (χ0n) is 12.5. The first-order chi connectivity index (χ1) is 10.6. The third-order valence-electron chi connectivity index (χ3n) is 3.79. The Hall–Kier alpha value is -1.73. The molecule has 1 aliphatic rings. The maximum atomic E-state index is 12.5. The lowest BCUT2D eigenvalue weighted by atomic mass is 10.2. The average molecular weight is 365 g/mol. The molecule has 3 heterocycles. The topological polar surface area (TPSA) is 60.2 Å². The molecule has 0 amide bonds. The molecule has 3 rings (SSSR count). The number of anilines is 1. The van der Waals surface area contributed by atoms with Gasteiger partial charge in [-0.3, -0.25) is 14.3 Å². The summed E-state index contributed by atoms with van der Waals surface area (Å²) in [5, 5.41) is 0. The minimum Gasteiger partial charge on any atom is -0.377 e. The maximum Gasteiger partial charge on any atom is 0.269 e. The zero-order chi connectivity index (χ0) is 15.7. The molecular weight excluding hydrogens is 348 g/mol. The van der Waals surface area contributed by atoms with E-state index >= 15 is 0 Å². The first-order valence-corrected chi connectivity index (χ1v) is 7.90. The fourth-order valence-electron chi connectivity index (χ4n) is 2.55. The van der Waals surface area contributed by atoms with E-state index in [2.05, 4.69) is 32.7 Å².